The van der Waals surface area contributed by atoms with E-state index < -0.39 is 35.1 Å². The lowest BCUT2D eigenvalue weighted by Gasteiger charge is -2.37. The van der Waals surface area contributed by atoms with E-state index in [2.05, 4.69) is 37.5 Å². The largest absolute Gasteiger partial charge is 0.351 e. The van der Waals surface area contributed by atoms with Gasteiger partial charge in [0.05, 0.1) is 12.1 Å². The summed E-state index contributed by atoms with van der Waals surface area (Å²) in [5, 5.41) is 18.3. The minimum absolute atomic E-state index is 0.000908. The number of nitriles is 1. The molecule has 38 heavy (non-hydrogen) atoms. The van der Waals surface area contributed by atoms with E-state index in [0.717, 1.165) is 23.3 Å². The van der Waals surface area contributed by atoms with Crippen molar-refractivity contribution in [2.75, 3.05) is 0 Å². The second-order valence-electron chi connectivity index (χ2n) is 10.9. The summed E-state index contributed by atoms with van der Waals surface area (Å²) in [5.74, 6) is -2.90. The highest BCUT2D eigenvalue weighted by Gasteiger charge is 2.59. The van der Waals surface area contributed by atoms with Gasteiger partial charge in [0, 0.05) is 28.5 Å². The van der Waals surface area contributed by atoms with Gasteiger partial charge in [-0.25, -0.2) is 8.78 Å². The van der Waals surface area contributed by atoms with Crippen LogP contribution in [0.5, 0.6) is 0 Å². The molecule has 0 bridgehead atoms. The summed E-state index contributed by atoms with van der Waals surface area (Å²) in [6, 6.07) is 19.3. The third-order valence-electron chi connectivity index (χ3n) is 7.02. The summed E-state index contributed by atoms with van der Waals surface area (Å²) in [5.41, 5.74) is 0.609. The maximum Gasteiger partial charge on any atom is 0.238 e. The number of amides is 1. The lowest BCUT2D eigenvalue weighted by Crippen LogP contribution is -2.45. The van der Waals surface area contributed by atoms with Crippen molar-refractivity contribution in [1.82, 2.24) is 10.6 Å². The smallest absolute Gasteiger partial charge is 0.238 e. The van der Waals surface area contributed by atoms with Crippen LogP contribution >= 0.6 is 23.2 Å². The number of halogens is 4. The van der Waals surface area contributed by atoms with Crippen molar-refractivity contribution in [3.8, 4) is 6.07 Å². The van der Waals surface area contributed by atoms with Gasteiger partial charge in [0.15, 0.2) is 11.6 Å². The van der Waals surface area contributed by atoms with Crippen molar-refractivity contribution >= 4 is 29.1 Å². The van der Waals surface area contributed by atoms with Crippen molar-refractivity contribution in [3.63, 3.8) is 0 Å². The fourth-order valence-corrected chi connectivity index (χ4v) is 5.73. The number of benzene rings is 3. The van der Waals surface area contributed by atoms with Crippen LogP contribution in [0.25, 0.3) is 0 Å². The van der Waals surface area contributed by atoms with E-state index in [0.29, 0.717) is 22.0 Å². The van der Waals surface area contributed by atoms with Gasteiger partial charge < -0.3 is 10.6 Å². The van der Waals surface area contributed by atoms with E-state index in [1.165, 1.54) is 6.07 Å². The Morgan fingerprint density at radius 2 is 1.74 bits per heavy atom. The monoisotopic (exact) mass is 555 g/mol. The van der Waals surface area contributed by atoms with Gasteiger partial charge in [-0.15, -0.1) is 0 Å². The molecule has 3 aromatic rings. The molecule has 1 fully saturated rings. The number of nitrogens with zero attached hydrogens (tertiary/aromatic N) is 1. The molecule has 1 aliphatic rings. The van der Waals surface area contributed by atoms with E-state index in [4.69, 9.17) is 23.2 Å². The van der Waals surface area contributed by atoms with Crippen molar-refractivity contribution in [2.24, 2.45) is 5.41 Å². The number of hydrogen-bond acceptors (Lipinski definition) is 3. The quantitative estimate of drug-likeness (QED) is 0.347. The first-order valence-electron chi connectivity index (χ1n) is 12.3. The Bertz CT molecular complexity index is 1370. The van der Waals surface area contributed by atoms with Crippen LogP contribution in [0, 0.1) is 28.4 Å². The third kappa shape index (κ3) is 5.71. The molecule has 198 valence electrons. The van der Waals surface area contributed by atoms with Crippen LogP contribution in [0.4, 0.5) is 8.78 Å². The Labute approximate surface area is 232 Å². The molecule has 4 atom stereocenters. The first-order valence-corrected chi connectivity index (χ1v) is 13.1. The molecule has 4 nitrogen and oxygen atoms in total. The summed E-state index contributed by atoms with van der Waals surface area (Å²) in [6.45, 7) is 6.26. The van der Waals surface area contributed by atoms with E-state index in [1.807, 2.05) is 18.2 Å². The van der Waals surface area contributed by atoms with E-state index in [9.17, 15) is 18.8 Å². The number of hydrogen-bond donors (Lipinski definition) is 2. The first kappa shape index (κ1) is 28.0. The molecule has 1 amide bonds. The van der Waals surface area contributed by atoms with Crippen LogP contribution in [0.1, 0.15) is 49.8 Å². The zero-order valence-corrected chi connectivity index (χ0v) is 22.9. The Balaban J connectivity index is 1.81. The zero-order chi connectivity index (χ0) is 27.7. The molecule has 0 radical (unpaired) electrons. The van der Waals surface area contributed by atoms with Gasteiger partial charge in [0.1, 0.15) is 5.41 Å². The molecule has 1 heterocycles. The molecule has 3 aromatic carbocycles. The Morgan fingerprint density at radius 3 is 2.34 bits per heavy atom. The summed E-state index contributed by atoms with van der Waals surface area (Å²) in [6.07, 6.45) is 0.604. The topological polar surface area (TPSA) is 64.9 Å². The molecule has 8 heteroatoms. The van der Waals surface area contributed by atoms with Gasteiger partial charge in [0.2, 0.25) is 5.91 Å². The summed E-state index contributed by atoms with van der Waals surface area (Å²) in [4.78, 5) is 13.7. The highest BCUT2D eigenvalue weighted by Crippen LogP contribution is 2.51. The number of rotatable bonds is 6. The fraction of sp³-hybridized carbons (Fsp3) is 0.333. The standard InChI is InChI=1S/C30H29Cl2F2N3O/c1-29(2,3)15-25-30(17-35,20-8-10-21(31)11-9-20)26(19-5-4-6-22(32)14-19)27(37-25)28(38)36-16-18-7-12-23(33)24(34)13-18/h4-14,25-27,37H,15-16H2,1-3H3,(H,36,38). The maximum atomic E-state index is 13.7. The van der Waals surface area contributed by atoms with Crippen molar-refractivity contribution < 1.29 is 13.6 Å². The molecule has 1 saturated heterocycles. The predicted octanol–water partition coefficient (Wildman–Crippen LogP) is 6.91. The Morgan fingerprint density at radius 1 is 1.03 bits per heavy atom. The molecule has 4 unspecified atom stereocenters. The lowest BCUT2D eigenvalue weighted by atomic mass is 9.63. The SMILES string of the molecule is CC(C)(C)CC1NC(C(=O)NCc2ccc(F)c(F)c2)C(c2cccc(Cl)c2)C1(C#N)c1ccc(Cl)cc1. The average Bonchev–Trinajstić information content (AvgIpc) is 3.18. The highest BCUT2D eigenvalue weighted by atomic mass is 35.5. The van der Waals surface area contributed by atoms with Crippen LogP contribution in [0.15, 0.2) is 66.7 Å². The van der Waals surface area contributed by atoms with E-state index in [-0.39, 0.29) is 17.9 Å². The first-order chi connectivity index (χ1) is 17.9. The van der Waals surface area contributed by atoms with Crippen molar-refractivity contribution in [2.45, 2.75) is 57.2 Å². The number of carbonyl (C=O) groups is 1. The van der Waals surface area contributed by atoms with Gasteiger partial charge >= 0.3 is 0 Å². The normalized spacial score (nSPS) is 23.2. The Kier molecular flexibility index (Phi) is 8.13. The molecule has 0 saturated carbocycles. The van der Waals surface area contributed by atoms with E-state index in [1.54, 1.807) is 30.3 Å². The van der Waals surface area contributed by atoms with Gasteiger partial charge in [-0.1, -0.05) is 74.3 Å². The van der Waals surface area contributed by atoms with Crippen LogP contribution in [-0.4, -0.2) is 18.0 Å². The lowest BCUT2D eigenvalue weighted by molar-refractivity contribution is -0.123. The molecular formula is C30H29Cl2F2N3O. The van der Waals surface area contributed by atoms with Crippen LogP contribution in [0.2, 0.25) is 10.0 Å². The molecule has 0 aliphatic carbocycles. The molecule has 1 aliphatic heterocycles. The molecule has 0 aromatic heterocycles. The van der Waals surface area contributed by atoms with Gasteiger partial charge in [0.25, 0.3) is 0 Å². The number of carbonyl (C=O) groups excluding carboxylic acids is 1. The van der Waals surface area contributed by atoms with Gasteiger partial charge in [-0.3, -0.25) is 4.79 Å². The minimum Gasteiger partial charge on any atom is -0.351 e. The Hall–Kier alpha value is -2.98. The third-order valence-corrected chi connectivity index (χ3v) is 7.51. The summed E-state index contributed by atoms with van der Waals surface area (Å²) in [7, 11) is 0. The zero-order valence-electron chi connectivity index (χ0n) is 21.4. The predicted molar refractivity (Wildman–Crippen MR) is 146 cm³/mol. The van der Waals surface area contributed by atoms with Crippen LogP contribution < -0.4 is 10.6 Å². The van der Waals surface area contributed by atoms with Crippen LogP contribution in [-0.2, 0) is 16.8 Å². The van der Waals surface area contributed by atoms with Gasteiger partial charge in [-0.2, -0.15) is 5.26 Å². The molecule has 0 spiro atoms. The molecule has 2 N–H and O–H groups in total. The van der Waals surface area contributed by atoms with Gasteiger partial charge in [-0.05, 0) is 64.9 Å². The molecular weight excluding hydrogens is 527 g/mol. The highest BCUT2D eigenvalue weighted by molar-refractivity contribution is 6.30. The van der Waals surface area contributed by atoms with Crippen molar-refractivity contribution in [3.05, 3.63) is 105 Å². The fourth-order valence-electron chi connectivity index (χ4n) is 5.41. The number of nitrogens with one attached hydrogen (secondary N) is 2. The van der Waals surface area contributed by atoms with Crippen molar-refractivity contribution in [1.29, 1.82) is 5.26 Å². The van der Waals surface area contributed by atoms with E-state index >= 15 is 0 Å². The molecule has 4 rings (SSSR count). The summed E-state index contributed by atoms with van der Waals surface area (Å²) >= 11 is 12.6. The average molecular weight is 556 g/mol. The summed E-state index contributed by atoms with van der Waals surface area (Å²) < 4.78 is 27.1. The second-order valence-corrected chi connectivity index (χ2v) is 11.8. The van der Waals surface area contributed by atoms with Crippen LogP contribution in [0.3, 0.4) is 0 Å². The minimum atomic E-state index is -1.13. The maximum absolute atomic E-state index is 13.7. The second kappa shape index (κ2) is 11.0.